The molecule has 0 aliphatic heterocycles. The van der Waals surface area contributed by atoms with Crippen molar-refractivity contribution in [3.8, 4) is 5.75 Å². The van der Waals surface area contributed by atoms with Crippen molar-refractivity contribution < 1.29 is 5.11 Å². The minimum absolute atomic E-state index is 0.231. The molecule has 90 valence electrons. The number of hydrogen-bond acceptors (Lipinski definition) is 4. The number of rotatable bonds is 4. The Morgan fingerprint density at radius 1 is 1.35 bits per heavy atom. The van der Waals surface area contributed by atoms with Crippen LogP contribution in [0.15, 0.2) is 24.5 Å². The molecule has 2 aromatic heterocycles. The van der Waals surface area contributed by atoms with E-state index in [9.17, 15) is 5.11 Å². The maximum atomic E-state index is 9.62. The van der Waals surface area contributed by atoms with Crippen LogP contribution in [0.2, 0.25) is 0 Å². The minimum atomic E-state index is 0.231. The summed E-state index contributed by atoms with van der Waals surface area (Å²) in [4.78, 5) is 4.28. The normalized spacial score (nSPS) is 10.7. The van der Waals surface area contributed by atoms with Gasteiger partial charge in [-0.05, 0) is 19.1 Å². The van der Waals surface area contributed by atoms with E-state index in [2.05, 4.69) is 15.4 Å². The van der Waals surface area contributed by atoms with E-state index < -0.39 is 0 Å². The van der Waals surface area contributed by atoms with Gasteiger partial charge in [0.15, 0.2) is 0 Å². The molecule has 2 N–H and O–H groups in total. The summed E-state index contributed by atoms with van der Waals surface area (Å²) in [6.45, 7) is 3.16. The van der Waals surface area contributed by atoms with E-state index in [-0.39, 0.29) is 5.75 Å². The summed E-state index contributed by atoms with van der Waals surface area (Å²) in [7, 11) is 1.89. The maximum absolute atomic E-state index is 9.62. The second-order valence-corrected chi connectivity index (χ2v) is 4.04. The SMILES string of the molecule is Cc1ccc(O)c(CNCc2cnn(C)c2)n1. The van der Waals surface area contributed by atoms with Gasteiger partial charge in [0.2, 0.25) is 0 Å². The summed E-state index contributed by atoms with van der Waals surface area (Å²) in [5, 5.41) is 16.9. The number of nitrogens with zero attached hydrogens (tertiary/aromatic N) is 3. The van der Waals surface area contributed by atoms with E-state index in [1.807, 2.05) is 26.4 Å². The smallest absolute Gasteiger partial charge is 0.138 e. The van der Waals surface area contributed by atoms with Gasteiger partial charge in [-0.1, -0.05) is 0 Å². The fraction of sp³-hybridized carbons (Fsp3) is 0.333. The lowest BCUT2D eigenvalue weighted by molar-refractivity contribution is 0.459. The molecule has 17 heavy (non-hydrogen) atoms. The fourth-order valence-corrected chi connectivity index (χ4v) is 1.62. The van der Waals surface area contributed by atoms with Crippen molar-refractivity contribution in [3.05, 3.63) is 41.5 Å². The number of aromatic nitrogens is 3. The van der Waals surface area contributed by atoms with Crippen molar-refractivity contribution in [2.75, 3.05) is 0 Å². The van der Waals surface area contributed by atoms with Crippen LogP contribution in [0.25, 0.3) is 0 Å². The van der Waals surface area contributed by atoms with Crippen molar-refractivity contribution in [3.63, 3.8) is 0 Å². The Balaban J connectivity index is 1.91. The summed E-state index contributed by atoms with van der Waals surface area (Å²) >= 11 is 0. The zero-order valence-electron chi connectivity index (χ0n) is 10.0. The largest absolute Gasteiger partial charge is 0.506 e. The first kappa shape index (κ1) is 11.6. The van der Waals surface area contributed by atoms with Gasteiger partial charge in [0.1, 0.15) is 5.75 Å². The first-order valence-electron chi connectivity index (χ1n) is 5.49. The lowest BCUT2D eigenvalue weighted by atomic mass is 10.2. The van der Waals surface area contributed by atoms with Crippen LogP contribution in [0.3, 0.4) is 0 Å². The third-order valence-electron chi connectivity index (χ3n) is 2.47. The van der Waals surface area contributed by atoms with Crippen molar-refractivity contribution in [2.45, 2.75) is 20.0 Å². The molecule has 0 unspecified atom stereocenters. The first-order chi connectivity index (χ1) is 8.15. The second kappa shape index (κ2) is 4.97. The Hall–Kier alpha value is -1.88. The Morgan fingerprint density at radius 2 is 2.18 bits per heavy atom. The lowest BCUT2D eigenvalue weighted by Crippen LogP contribution is -2.13. The molecule has 2 rings (SSSR count). The number of aromatic hydroxyl groups is 1. The Bertz CT molecular complexity index is 507. The summed E-state index contributed by atoms with van der Waals surface area (Å²) in [5.41, 5.74) is 2.69. The quantitative estimate of drug-likeness (QED) is 0.829. The van der Waals surface area contributed by atoms with Gasteiger partial charge in [-0.3, -0.25) is 9.67 Å². The van der Waals surface area contributed by atoms with Crippen molar-refractivity contribution in [2.24, 2.45) is 7.05 Å². The number of aryl methyl sites for hydroxylation is 2. The van der Waals surface area contributed by atoms with Crippen molar-refractivity contribution >= 4 is 0 Å². The lowest BCUT2D eigenvalue weighted by Gasteiger charge is -2.05. The number of nitrogens with one attached hydrogen (secondary N) is 1. The maximum Gasteiger partial charge on any atom is 0.138 e. The molecule has 0 atom stereocenters. The van der Waals surface area contributed by atoms with Gasteiger partial charge in [0.25, 0.3) is 0 Å². The van der Waals surface area contributed by atoms with Crippen LogP contribution in [0.1, 0.15) is 17.0 Å². The molecule has 0 saturated heterocycles. The molecule has 5 nitrogen and oxygen atoms in total. The highest BCUT2D eigenvalue weighted by Gasteiger charge is 2.03. The average Bonchev–Trinajstić information content (AvgIpc) is 2.69. The summed E-state index contributed by atoms with van der Waals surface area (Å²) < 4.78 is 1.76. The first-order valence-corrected chi connectivity index (χ1v) is 5.49. The molecule has 2 heterocycles. The zero-order valence-corrected chi connectivity index (χ0v) is 10.0. The fourth-order valence-electron chi connectivity index (χ4n) is 1.62. The Kier molecular flexibility index (Phi) is 3.39. The van der Waals surface area contributed by atoms with Crippen LogP contribution in [-0.2, 0) is 20.1 Å². The van der Waals surface area contributed by atoms with Crippen LogP contribution in [0.5, 0.6) is 5.75 Å². The summed E-state index contributed by atoms with van der Waals surface area (Å²) in [6.07, 6.45) is 3.77. The molecule has 0 spiro atoms. The predicted molar refractivity (Wildman–Crippen MR) is 64.4 cm³/mol. The molecule has 0 aromatic carbocycles. The monoisotopic (exact) mass is 232 g/mol. The predicted octanol–water partition coefficient (Wildman–Crippen LogP) is 1.12. The molecule has 2 aromatic rings. The van der Waals surface area contributed by atoms with Gasteiger partial charge in [-0.25, -0.2) is 0 Å². The van der Waals surface area contributed by atoms with E-state index >= 15 is 0 Å². The molecular formula is C12H16N4O. The molecule has 0 aliphatic carbocycles. The highest BCUT2D eigenvalue weighted by atomic mass is 16.3. The van der Waals surface area contributed by atoms with E-state index in [0.717, 1.165) is 11.3 Å². The van der Waals surface area contributed by atoms with Crippen molar-refractivity contribution in [1.29, 1.82) is 0 Å². The summed E-state index contributed by atoms with van der Waals surface area (Å²) in [5.74, 6) is 0.231. The summed E-state index contributed by atoms with van der Waals surface area (Å²) in [6, 6.07) is 3.46. The number of pyridine rings is 1. The molecule has 0 aliphatic rings. The molecular weight excluding hydrogens is 216 g/mol. The van der Waals surface area contributed by atoms with Crippen molar-refractivity contribution in [1.82, 2.24) is 20.1 Å². The van der Waals surface area contributed by atoms with Crippen LogP contribution < -0.4 is 5.32 Å². The van der Waals surface area contributed by atoms with E-state index in [0.29, 0.717) is 18.8 Å². The Labute approximate surface area is 100 Å². The molecule has 0 radical (unpaired) electrons. The molecule has 0 bridgehead atoms. The van der Waals surface area contributed by atoms with Crippen LogP contribution in [0.4, 0.5) is 0 Å². The van der Waals surface area contributed by atoms with Gasteiger partial charge < -0.3 is 10.4 Å². The molecule has 0 amide bonds. The van der Waals surface area contributed by atoms with Gasteiger partial charge in [-0.2, -0.15) is 5.10 Å². The highest BCUT2D eigenvalue weighted by Crippen LogP contribution is 2.14. The van der Waals surface area contributed by atoms with Gasteiger partial charge in [-0.15, -0.1) is 0 Å². The van der Waals surface area contributed by atoms with Gasteiger partial charge in [0.05, 0.1) is 11.9 Å². The molecule has 0 saturated carbocycles. The van der Waals surface area contributed by atoms with E-state index in [4.69, 9.17) is 0 Å². The standard InChI is InChI=1S/C12H16N4O/c1-9-3-4-12(17)11(15-9)7-13-5-10-6-14-16(2)8-10/h3-4,6,8,13,17H,5,7H2,1-2H3. The number of hydrogen-bond donors (Lipinski definition) is 2. The van der Waals surface area contributed by atoms with Crippen LogP contribution >= 0.6 is 0 Å². The third kappa shape index (κ3) is 3.04. The Morgan fingerprint density at radius 3 is 2.88 bits per heavy atom. The topological polar surface area (TPSA) is 63.0 Å². The average molecular weight is 232 g/mol. The molecule has 0 fully saturated rings. The van der Waals surface area contributed by atoms with Gasteiger partial charge in [0, 0.05) is 37.6 Å². The van der Waals surface area contributed by atoms with E-state index in [1.54, 1.807) is 16.8 Å². The zero-order chi connectivity index (χ0) is 12.3. The van der Waals surface area contributed by atoms with Gasteiger partial charge >= 0.3 is 0 Å². The van der Waals surface area contributed by atoms with Crippen LogP contribution in [0, 0.1) is 6.92 Å². The second-order valence-electron chi connectivity index (χ2n) is 4.04. The highest BCUT2D eigenvalue weighted by molar-refractivity contribution is 5.27. The van der Waals surface area contributed by atoms with Crippen LogP contribution in [-0.4, -0.2) is 19.9 Å². The van der Waals surface area contributed by atoms with E-state index in [1.165, 1.54) is 0 Å². The molecule has 5 heteroatoms. The minimum Gasteiger partial charge on any atom is -0.506 e. The third-order valence-corrected chi connectivity index (χ3v) is 2.47.